The Morgan fingerprint density at radius 2 is 1.88 bits per heavy atom. The molecular formula is C15H18N8S2. The Labute approximate surface area is 153 Å². The number of rotatable bonds is 6. The van der Waals surface area contributed by atoms with Gasteiger partial charge in [0, 0.05) is 19.8 Å². The number of benzene rings is 1. The summed E-state index contributed by atoms with van der Waals surface area (Å²) < 4.78 is 0.833. The van der Waals surface area contributed by atoms with E-state index in [4.69, 9.17) is 5.73 Å². The summed E-state index contributed by atoms with van der Waals surface area (Å²) in [6, 6.07) is 8.12. The lowest BCUT2D eigenvalue weighted by Gasteiger charge is -2.10. The normalized spacial score (nSPS) is 10.7. The standard InChI is InChI=1S/C15H18N8S2/c1-9-4-6-10(7-5-9)17-14-21-22-15(25-14)24-8-11-18-12(16)20-13(19-11)23(2)3/h4-7H,8H2,1-3H3,(H,17,21)(H2,16,18,19,20). The monoisotopic (exact) mass is 374 g/mol. The van der Waals surface area contributed by atoms with E-state index in [0.717, 1.165) is 15.2 Å². The van der Waals surface area contributed by atoms with Crippen LogP contribution in [-0.4, -0.2) is 39.2 Å². The highest BCUT2D eigenvalue weighted by molar-refractivity contribution is 8.00. The van der Waals surface area contributed by atoms with Crippen molar-refractivity contribution in [2.75, 3.05) is 30.0 Å². The van der Waals surface area contributed by atoms with Crippen molar-refractivity contribution in [3.63, 3.8) is 0 Å². The highest BCUT2D eigenvalue weighted by Crippen LogP contribution is 2.29. The van der Waals surface area contributed by atoms with Gasteiger partial charge < -0.3 is 16.0 Å². The summed E-state index contributed by atoms with van der Waals surface area (Å²) in [5, 5.41) is 12.3. The molecule has 0 spiro atoms. The third kappa shape index (κ3) is 4.77. The first kappa shape index (κ1) is 17.4. The fourth-order valence-corrected chi connectivity index (χ4v) is 3.52. The molecule has 2 aromatic heterocycles. The summed E-state index contributed by atoms with van der Waals surface area (Å²) in [7, 11) is 3.72. The van der Waals surface area contributed by atoms with E-state index in [2.05, 4.69) is 37.4 Å². The average Bonchev–Trinajstić information content (AvgIpc) is 3.02. The van der Waals surface area contributed by atoms with Gasteiger partial charge in [0.1, 0.15) is 5.82 Å². The van der Waals surface area contributed by atoms with Gasteiger partial charge in [0.15, 0.2) is 4.34 Å². The van der Waals surface area contributed by atoms with E-state index in [1.165, 1.54) is 28.7 Å². The van der Waals surface area contributed by atoms with Crippen LogP contribution in [0.3, 0.4) is 0 Å². The van der Waals surface area contributed by atoms with Crippen LogP contribution in [0.25, 0.3) is 0 Å². The number of aromatic nitrogens is 5. The van der Waals surface area contributed by atoms with Gasteiger partial charge in [-0.15, -0.1) is 10.2 Å². The predicted octanol–water partition coefficient (Wildman–Crippen LogP) is 2.72. The second-order valence-electron chi connectivity index (χ2n) is 5.46. The van der Waals surface area contributed by atoms with E-state index in [-0.39, 0.29) is 5.95 Å². The van der Waals surface area contributed by atoms with Gasteiger partial charge in [-0.25, -0.2) is 0 Å². The first-order valence-electron chi connectivity index (χ1n) is 7.47. The molecule has 3 aromatic rings. The molecule has 3 N–H and O–H groups in total. The number of hydrogen-bond acceptors (Lipinski definition) is 10. The molecule has 0 aliphatic carbocycles. The van der Waals surface area contributed by atoms with Crippen LogP contribution in [0.1, 0.15) is 11.4 Å². The van der Waals surface area contributed by atoms with Gasteiger partial charge in [0.05, 0.1) is 5.75 Å². The Kier molecular flexibility index (Phi) is 5.29. The minimum absolute atomic E-state index is 0.216. The zero-order valence-electron chi connectivity index (χ0n) is 14.1. The number of nitrogens with one attached hydrogen (secondary N) is 1. The van der Waals surface area contributed by atoms with E-state index in [1.54, 1.807) is 4.90 Å². The molecule has 0 bridgehead atoms. The summed E-state index contributed by atoms with van der Waals surface area (Å²) in [5.41, 5.74) is 7.93. The van der Waals surface area contributed by atoms with Crippen LogP contribution in [0.2, 0.25) is 0 Å². The molecule has 0 unspecified atom stereocenters. The highest BCUT2D eigenvalue weighted by Gasteiger charge is 2.10. The molecule has 0 aliphatic rings. The number of nitrogen functional groups attached to an aromatic ring is 1. The van der Waals surface area contributed by atoms with Crippen LogP contribution in [0.4, 0.5) is 22.7 Å². The van der Waals surface area contributed by atoms with Gasteiger partial charge in [-0.2, -0.15) is 15.0 Å². The molecule has 0 atom stereocenters. The molecule has 0 amide bonds. The van der Waals surface area contributed by atoms with Gasteiger partial charge in [-0.3, -0.25) is 0 Å². The molecular weight excluding hydrogens is 356 g/mol. The summed E-state index contributed by atoms with van der Waals surface area (Å²) >= 11 is 3.00. The maximum Gasteiger partial charge on any atom is 0.229 e. The molecule has 2 heterocycles. The van der Waals surface area contributed by atoms with E-state index < -0.39 is 0 Å². The summed E-state index contributed by atoms with van der Waals surface area (Å²) in [5.74, 6) is 1.92. The first-order chi connectivity index (χ1) is 12.0. The van der Waals surface area contributed by atoms with E-state index in [9.17, 15) is 0 Å². The van der Waals surface area contributed by atoms with Gasteiger partial charge in [-0.05, 0) is 19.1 Å². The fraction of sp³-hybridized carbons (Fsp3) is 0.267. The summed E-state index contributed by atoms with van der Waals surface area (Å²) in [6.07, 6.45) is 0. The first-order valence-corrected chi connectivity index (χ1v) is 9.27. The lowest BCUT2D eigenvalue weighted by molar-refractivity contribution is 0.918. The van der Waals surface area contributed by atoms with E-state index in [1.807, 2.05) is 38.4 Å². The zero-order chi connectivity index (χ0) is 17.8. The van der Waals surface area contributed by atoms with Crippen molar-refractivity contribution in [3.05, 3.63) is 35.7 Å². The second-order valence-corrected chi connectivity index (χ2v) is 7.66. The number of anilines is 4. The smallest absolute Gasteiger partial charge is 0.229 e. The summed E-state index contributed by atoms with van der Waals surface area (Å²) in [4.78, 5) is 14.4. The van der Waals surface area contributed by atoms with Crippen LogP contribution in [-0.2, 0) is 5.75 Å². The van der Waals surface area contributed by atoms with Crippen molar-refractivity contribution >= 4 is 45.8 Å². The Hall–Kier alpha value is -2.46. The molecule has 3 rings (SSSR count). The Morgan fingerprint density at radius 1 is 1.12 bits per heavy atom. The molecule has 130 valence electrons. The molecule has 0 saturated carbocycles. The molecule has 0 saturated heterocycles. The predicted molar refractivity (Wildman–Crippen MR) is 102 cm³/mol. The molecule has 1 aromatic carbocycles. The lowest BCUT2D eigenvalue weighted by Crippen LogP contribution is -2.15. The minimum atomic E-state index is 0.216. The zero-order valence-corrected chi connectivity index (χ0v) is 15.7. The summed E-state index contributed by atoms with van der Waals surface area (Å²) in [6.45, 7) is 2.05. The molecule has 10 heteroatoms. The largest absolute Gasteiger partial charge is 0.368 e. The third-order valence-corrected chi connectivity index (χ3v) is 5.09. The molecule has 8 nitrogen and oxygen atoms in total. The van der Waals surface area contributed by atoms with Crippen molar-refractivity contribution < 1.29 is 0 Å². The van der Waals surface area contributed by atoms with Crippen molar-refractivity contribution in [2.45, 2.75) is 17.0 Å². The van der Waals surface area contributed by atoms with Crippen molar-refractivity contribution in [1.29, 1.82) is 0 Å². The Morgan fingerprint density at radius 3 is 2.60 bits per heavy atom. The Bertz CT molecular complexity index is 847. The molecule has 25 heavy (non-hydrogen) atoms. The molecule has 0 fully saturated rings. The van der Waals surface area contributed by atoms with Gasteiger partial charge in [-0.1, -0.05) is 40.8 Å². The molecule has 0 aliphatic heterocycles. The van der Waals surface area contributed by atoms with Crippen molar-refractivity contribution in [3.8, 4) is 0 Å². The number of hydrogen-bond donors (Lipinski definition) is 2. The van der Waals surface area contributed by atoms with Crippen LogP contribution < -0.4 is 16.0 Å². The number of thioether (sulfide) groups is 1. The maximum atomic E-state index is 5.73. The van der Waals surface area contributed by atoms with Crippen LogP contribution in [0, 0.1) is 6.92 Å². The topological polar surface area (TPSA) is 106 Å². The second kappa shape index (κ2) is 7.62. The molecule has 0 radical (unpaired) electrons. The number of nitrogens with zero attached hydrogens (tertiary/aromatic N) is 6. The van der Waals surface area contributed by atoms with Crippen LogP contribution in [0.5, 0.6) is 0 Å². The average molecular weight is 374 g/mol. The van der Waals surface area contributed by atoms with Gasteiger partial charge in [0.2, 0.25) is 17.0 Å². The highest BCUT2D eigenvalue weighted by atomic mass is 32.2. The van der Waals surface area contributed by atoms with E-state index >= 15 is 0 Å². The van der Waals surface area contributed by atoms with E-state index in [0.29, 0.717) is 17.5 Å². The lowest BCUT2D eigenvalue weighted by atomic mass is 10.2. The number of aryl methyl sites for hydroxylation is 1. The number of nitrogens with two attached hydrogens (primary N) is 1. The quantitative estimate of drug-likeness (QED) is 0.630. The maximum absolute atomic E-state index is 5.73. The minimum Gasteiger partial charge on any atom is -0.368 e. The fourth-order valence-electron chi connectivity index (χ4n) is 1.89. The third-order valence-electron chi connectivity index (χ3n) is 3.12. The SMILES string of the molecule is Cc1ccc(Nc2nnc(SCc3nc(N)nc(N(C)C)n3)s2)cc1. The van der Waals surface area contributed by atoms with Crippen molar-refractivity contribution in [1.82, 2.24) is 25.1 Å². The van der Waals surface area contributed by atoms with Crippen LogP contribution >= 0.6 is 23.1 Å². The van der Waals surface area contributed by atoms with Gasteiger partial charge >= 0.3 is 0 Å². The Balaban J connectivity index is 1.63. The van der Waals surface area contributed by atoms with Crippen molar-refractivity contribution in [2.24, 2.45) is 0 Å². The van der Waals surface area contributed by atoms with Gasteiger partial charge in [0.25, 0.3) is 0 Å². The van der Waals surface area contributed by atoms with Crippen LogP contribution in [0.15, 0.2) is 28.6 Å².